The number of hydrogen-bond acceptors (Lipinski definition) is 5. The normalized spacial score (nSPS) is 12.2. The Bertz CT molecular complexity index is 424. The van der Waals surface area contributed by atoms with E-state index in [-0.39, 0.29) is 12.5 Å². The number of carbonyl (C=O) groups is 1. The second-order valence-corrected chi connectivity index (χ2v) is 4.73. The van der Waals surface area contributed by atoms with Crippen molar-refractivity contribution in [2.24, 2.45) is 5.73 Å². The zero-order chi connectivity index (χ0) is 15.0. The predicted octanol–water partition coefficient (Wildman–Crippen LogP) is 0.539. The molecule has 0 bridgehead atoms. The first-order valence-electron chi connectivity index (χ1n) is 6.46. The number of carbonyl (C=O) groups excluding carboxylic acids is 1. The molecule has 20 heavy (non-hydrogen) atoms. The van der Waals surface area contributed by atoms with E-state index >= 15 is 0 Å². The number of benzene rings is 1. The van der Waals surface area contributed by atoms with E-state index < -0.39 is 6.04 Å². The minimum absolute atomic E-state index is 0.185. The van der Waals surface area contributed by atoms with Crippen molar-refractivity contribution in [1.29, 1.82) is 0 Å². The summed E-state index contributed by atoms with van der Waals surface area (Å²) >= 11 is 0. The van der Waals surface area contributed by atoms with Crippen LogP contribution in [0, 0.1) is 0 Å². The highest BCUT2D eigenvalue weighted by atomic mass is 16.5. The number of ether oxygens (including phenoxy) is 2. The van der Waals surface area contributed by atoms with Crippen molar-refractivity contribution in [1.82, 2.24) is 4.90 Å². The van der Waals surface area contributed by atoms with Gasteiger partial charge in [0.1, 0.15) is 18.4 Å². The fourth-order valence-corrected chi connectivity index (χ4v) is 1.50. The Morgan fingerprint density at radius 2 is 2.20 bits per heavy atom. The number of anilines is 1. The lowest BCUT2D eigenvalue weighted by atomic mass is 10.2. The minimum Gasteiger partial charge on any atom is -0.492 e. The summed E-state index contributed by atoms with van der Waals surface area (Å²) in [6.45, 7) is 1.60. The predicted molar refractivity (Wildman–Crippen MR) is 79.0 cm³/mol. The minimum atomic E-state index is -0.682. The van der Waals surface area contributed by atoms with Gasteiger partial charge in [0.15, 0.2) is 0 Å². The van der Waals surface area contributed by atoms with Gasteiger partial charge in [-0.05, 0) is 26.2 Å². The smallest absolute Gasteiger partial charge is 0.243 e. The molecule has 0 spiro atoms. The zero-order valence-corrected chi connectivity index (χ0v) is 12.3. The number of amides is 1. The molecule has 0 fully saturated rings. The molecule has 0 saturated heterocycles. The van der Waals surface area contributed by atoms with Gasteiger partial charge in [0, 0.05) is 25.4 Å². The highest BCUT2D eigenvalue weighted by Gasteiger charge is 2.13. The van der Waals surface area contributed by atoms with Crippen LogP contribution in [0.2, 0.25) is 0 Å². The van der Waals surface area contributed by atoms with E-state index in [0.29, 0.717) is 18.0 Å². The second kappa shape index (κ2) is 8.52. The van der Waals surface area contributed by atoms with Gasteiger partial charge in [-0.15, -0.1) is 0 Å². The molecule has 1 amide bonds. The van der Waals surface area contributed by atoms with E-state index in [1.54, 1.807) is 12.1 Å². The van der Waals surface area contributed by atoms with Gasteiger partial charge < -0.3 is 25.4 Å². The van der Waals surface area contributed by atoms with Crippen molar-refractivity contribution in [3.8, 4) is 5.75 Å². The maximum absolute atomic E-state index is 11.8. The van der Waals surface area contributed by atoms with E-state index in [2.05, 4.69) is 5.32 Å². The van der Waals surface area contributed by atoms with Crippen LogP contribution in [0.25, 0.3) is 0 Å². The summed E-state index contributed by atoms with van der Waals surface area (Å²) in [6.07, 6.45) is 0. The van der Waals surface area contributed by atoms with Gasteiger partial charge in [-0.2, -0.15) is 0 Å². The number of nitrogens with two attached hydrogens (primary N) is 1. The van der Waals surface area contributed by atoms with Crippen LogP contribution in [-0.4, -0.2) is 57.8 Å². The standard InChI is InChI=1S/C14H23N3O3/c1-17(2)7-8-20-12-6-4-5-11(9-12)16-14(18)13(15)10-19-3/h4-6,9,13H,7-8,10,15H2,1-3H3,(H,16,18). The summed E-state index contributed by atoms with van der Waals surface area (Å²) < 4.78 is 10.4. The molecule has 0 radical (unpaired) electrons. The summed E-state index contributed by atoms with van der Waals surface area (Å²) in [4.78, 5) is 13.8. The topological polar surface area (TPSA) is 76.8 Å². The first-order chi connectivity index (χ1) is 9.52. The fourth-order valence-electron chi connectivity index (χ4n) is 1.50. The van der Waals surface area contributed by atoms with Crippen LogP contribution in [0.3, 0.4) is 0 Å². The molecule has 1 atom stereocenters. The summed E-state index contributed by atoms with van der Waals surface area (Å²) in [5.41, 5.74) is 6.31. The van der Waals surface area contributed by atoms with E-state index in [4.69, 9.17) is 15.2 Å². The highest BCUT2D eigenvalue weighted by molar-refractivity contribution is 5.94. The lowest BCUT2D eigenvalue weighted by Gasteiger charge is -2.13. The molecule has 3 N–H and O–H groups in total. The quantitative estimate of drug-likeness (QED) is 0.727. The van der Waals surface area contributed by atoms with Gasteiger partial charge in [0.05, 0.1) is 6.61 Å². The molecule has 112 valence electrons. The molecule has 0 heterocycles. The number of rotatable bonds is 8. The first kappa shape index (κ1) is 16.4. The van der Waals surface area contributed by atoms with Gasteiger partial charge in [0.2, 0.25) is 5.91 Å². The largest absolute Gasteiger partial charge is 0.492 e. The molecular formula is C14H23N3O3. The Hall–Kier alpha value is -1.63. The summed E-state index contributed by atoms with van der Waals surface area (Å²) in [6, 6.07) is 6.55. The van der Waals surface area contributed by atoms with Crippen LogP contribution < -0.4 is 15.8 Å². The van der Waals surface area contributed by atoms with Gasteiger partial charge in [-0.1, -0.05) is 6.07 Å². The Morgan fingerprint density at radius 1 is 1.45 bits per heavy atom. The average Bonchev–Trinajstić information content (AvgIpc) is 2.39. The third-order valence-electron chi connectivity index (χ3n) is 2.59. The van der Waals surface area contributed by atoms with Crippen LogP contribution in [0.15, 0.2) is 24.3 Å². The summed E-state index contributed by atoms with van der Waals surface area (Å²) in [5.74, 6) is 0.433. The van der Waals surface area contributed by atoms with Gasteiger partial charge >= 0.3 is 0 Å². The summed E-state index contributed by atoms with van der Waals surface area (Å²) in [7, 11) is 5.47. The Kier molecular flexibility index (Phi) is 7.00. The number of hydrogen-bond donors (Lipinski definition) is 2. The zero-order valence-electron chi connectivity index (χ0n) is 12.3. The van der Waals surface area contributed by atoms with Gasteiger partial charge in [0.25, 0.3) is 0 Å². The number of nitrogens with zero attached hydrogens (tertiary/aromatic N) is 1. The Morgan fingerprint density at radius 3 is 2.85 bits per heavy atom. The maximum Gasteiger partial charge on any atom is 0.243 e. The number of methoxy groups -OCH3 is 1. The van der Waals surface area contributed by atoms with E-state index in [1.807, 2.05) is 31.1 Å². The lowest BCUT2D eigenvalue weighted by molar-refractivity contribution is -0.118. The van der Waals surface area contributed by atoms with Crippen LogP contribution in [0.5, 0.6) is 5.75 Å². The van der Waals surface area contributed by atoms with E-state index in [0.717, 1.165) is 6.54 Å². The third kappa shape index (κ3) is 6.01. The molecule has 6 nitrogen and oxygen atoms in total. The lowest BCUT2D eigenvalue weighted by Crippen LogP contribution is -2.39. The van der Waals surface area contributed by atoms with E-state index in [9.17, 15) is 4.79 Å². The molecule has 0 saturated carbocycles. The van der Waals surface area contributed by atoms with Crippen LogP contribution in [0.4, 0.5) is 5.69 Å². The molecule has 0 aliphatic rings. The number of likely N-dealkylation sites (N-methyl/N-ethyl adjacent to an activating group) is 1. The monoisotopic (exact) mass is 281 g/mol. The molecule has 1 aromatic carbocycles. The van der Waals surface area contributed by atoms with Crippen molar-refractivity contribution in [2.75, 3.05) is 46.3 Å². The van der Waals surface area contributed by atoms with Crippen LogP contribution >= 0.6 is 0 Å². The highest BCUT2D eigenvalue weighted by Crippen LogP contribution is 2.17. The van der Waals surface area contributed by atoms with E-state index in [1.165, 1.54) is 7.11 Å². The van der Waals surface area contributed by atoms with Gasteiger partial charge in [-0.3, -0.25) is 4.79 Å². The molecule has 1 aromatic rings. The third-order valence-corrected chi connectivity index (χ3v) is 2.59. The van der Waals surface area contributed by atoms with Crippen LogP contribution in [0.1, 0.15) is 0 Å². The molecule has 1 rings (SSSR count). The molecule has 0 aliphatic carbocycles. The SMILES string of the molecule is COCC(N)C(=O)Nc1cccc(OCCN(C)C)c1. The van der Waals surface area contributed by atoms with Crippen molar-refractivity contribution in [2.45, 2.75) is 6.04 Å². The maximum atomic E-state index is 11.8. The molecule has 0 aliphatic heterocycles. The molecule has 1 unspecified atom stereocenters. The molecule has 6 heteroatoms. The first-order valence-corrected chi connectivity index (χ1v) is 6.46. The van der Waals surface area contributed by atoms with Crippen molar-refractivity contribution in [3.05, 3.63) is 24.3 Å². The summed E-state index contributed by atoms with van der Waals surface area (Å²) in [5, 5.41) is 2.73. The molecule has 0 aromatic heterocycles. The van der Waals surface area contributed by atoms with Crippen molar-refractivity contribution < 1.29 is 14.3 Å². The van der Waals surface area contributed by atoms with Gasteiger partial charge in [-0.25, -0.2) is 0 Å². The number of nitrogens with one attached hydrogen (secondary N) is 1. The molecular weight excluding hydrogens is 258 g/mol. The Balaban J connectivity index is 2.52. The Labute approximate surface area is 119 Å². The second-order valence-electron chi connectivity index (χ2n) is 4.73. The fraction of sp³-hybridized carbons (Fsp3) is 0.500. The average molecular weight is 281 g/mol. The van der Waals surface area contributed by atoms with Crippen molar-refractivity contribution in [3.63, 3.8) is 0 Å². The van der Waals surface area contributed by atoms with Crippen molar-refractivity contribution >= 4 is 11.6 Å². The van der Waals surface area contributed by atoms with Crippen LogP contribution in [-0.2, 0) is 9.53 Å².